The summed E-state index contributed by atoms with van der Waals surface area (Å²) in [5.74, 6) is 2.19. The van der Waals surface area contributed by atoms with Crippen molar-refractivity contribution in [1.29, 1.82) is 0 Å². The lowest BCUT2D eigenvalue weighted by Gasteiger charge is -2.32. The molecular formula is C16H30. The molecule has 0 aromatic heterocycles. The molecule has 2 saturated carbocycles. The normalized spacial score (nSPS) is 39.4. The maximum Gasteiger partial charge on any atom is -0.0323 e. The highest BCUT2D eigenvalue weighted by Crippen LogP contribution is 2.47. The van der Waals surface area contributed by atoms with E-state index in [0.29, 0.717) is 5.41 Å². The minimum absolute atomic E-state index is 0.707. The first-order valence-electron chi connectivity index (χ1n) is 7.72. The molecule has 2 aliphatic rings. The Morgan fingerprint density at radius 2 is 1.88 bits per heavy atom. The molecule has 0 aliphatic heterocycles. The van der Waals surface area contributed by atoms with Gasteiger partial charge in [0.1, 0.15) is 0 Å². The molecular weight excluding hydrogens is 192 g/mol. The molecule has 0 N–H and O–H groups in total. The van der Waals surface area contributed by atoms with Crippen LogP contribution < -0.4 is 0 Å². The van der Waals surface area contributed by atoms with Crippen LogP contribution >= 0.6 is 0 Å². The molecule has 2 bridgehead atoms. The summed E-state index contributed by atoms with van der Waals surface area (Å²) in [5.41, 5.74) is 0.707. The van der Waals surface area contributed by atoms with Crippen LogP contribution in [0.4, 0.5) is 0 Å². The zero-order valence-electron chi connectivity index (χ0n) is 11.4. The van der Waals surface area contributed by atoms with Crippen LogP contribution in [0.15, 0.2) is 0 Å². The first-order valence-corrected chi connectivity index (χ1v) is 7.72. The number of fused-ring (bicyclic) bond motifs is 2. The molecule has 0 amide bonds. The summed E-state index contributed by atoms with van der Waals surface area (Å²) in [5, 5.41) is 0. The monoisotopic (exact) mass is 222 g/mol. The third-order valence-corrected chi connectivity index (χ3v) is 5.21. The molecule has 0 spiro atoms. The van der Waals surface area contributed by atoms with Gasteiger partial charge in [-0.05, 0) is 49.4 Å². The summed E-state index contributed by atoms with van der Waals surface area (Å²) in [7, 11) is 0. The van der Waals surface area contributed by atoms with E-state index in [1.165, 1.54) is 38.5 Å². The van der Waals surface area contributed by atoms with Crippen LogP contribution in [-0.2, 0) is 0 Å². The van der Waals surface area contributed by atoms with Crippen molar-refractivity contribution in [3.05, 3.63) is 0 Å². The van der Waals surface area contributed by atoms with E-state index in [9.17, 15) is 0 Å². The average molecular weight is 222 g/mol. The van der Waals surface area contributed by atoms with Crippen molar-refractivity contribution in [3.63, 3.8) is 0 Å². The van der Waals surface area contributed by atoms with Crippen LogP contribution in [0.2, 0.25) is 0 Å². The summed E-state index contributed by atoms with van der Waals surface area (Å²) in [4.78, 5) is 0. The molecule has 3 atom stereocenters. The maximum absolute atomic E-state index is 2.59. The fourth-order valence-corrected chi connectivity index (χ4v) is 4.23. The highest BCUT2D eigenvalue weighted by molar-refractivity contribution is 4.86. The van der Waals surface area contributed by atoms with Gasteiger partial charge >= 0.3 is 0 Å². The number of unbranched alkanes of at least 4 members (excludes halogenated alkanes) is 2. The molecule has 2 aliphatic carbocycles. The first-order chi connectivity index (χ1) is 7.72. The van der Waals surface area contributed by atoms with E-state index < -0.39 is 0 Å². The Balaban J connectivity index is 1.88. The fourth-order valence-electron chi connectivity index (χ4n) is 4.23. The van der Waals surface area contributed by atoms with Crippen molar-refractivity contribution in [3.8, 4) is 0 Å². The predicted molar refractivity (Wildman–Crippen MR) is 71.5 cm³/mol. The molecule has 94 valence electrons. The molecule has 0 heteroatoms. The molecule has 2 fully saturated rings. The van der Waals surface area contributed by atoms with Crippen LogP contribution in [0.5, 0.6) is 0 Å². The van der Waals surface area contributed by atoms with E-state index in [2.05, 4.69) is 13.8 Å². The highest BCUT2D eigenvalue weighted by Gasteiger charge is 2.34. The summed E-state index contributed by atoms with van der Waals surface area (Å²) < 4.78 is 0. The van der Waals surface area contributed by atoms with Gasteiger partial charge in [0.25, 0.3) is 0 Å². The van der Waals surface area contributed by atoms with Crippen molar-refractivity contribution >= 4 is 0 Å². The standard InChI is InChI=1S/C16H30/c1-3-4-5-10-16(2)11-9-14-7-6-8-15(12-14)13-16/h14-15H,3-13H2,1-2H3. The van der Waals surface area contributed by atoms with Crippen molar-refractivity contribution in [1.82, 2.24) is 0 Å². The van der Waals surface area contributed by atoms with Crippen molar-refractivity contribution in [2.45, 2.75) is 84.5 Å². The SMILES string of the molecule is CCCCCC1(C)CCC2CCCC(C2)C1. The van der Waals surface area contributed by atoms with E-state index >= 15 is 0 Å². The lowest BCUT2D eigenvalue weighted by atomic mass is 9.74. The zero-order valence-corrected chi connectivity index (χ0v) is 11.4. The van der Waals surface area contributed by atoms with Gasteiger partial charge in [-0.1, -0.05) is 52.4 Å². The second-order valence-corrected chi connectivity index (χ2v) is 6.91. The largest absolute Gasteiger partial charge is 0.0654 e. The van der Waals surface area contributed by atoms with Crippen LogP contribution in [0.25, 0.3) is 0 Å². The summed E-state index contributed by atoms with van der Waals surface area (Å²) in [6.45, 7) is 4.91. The zero-order chi connectivity index (χ0) is 11.4. The van der Waals surface area contributed by atoms with E-state index in [1.54, 1.807) is 32.1 Å². The van der Waals surface area contributed by atoms with Crippen LogP contribution in [0.1, 0.15) is 84.5 Å². The minimum atomic E-state index is 0.707. The molecule has 0 heterocycles. The smallest absolute Gasteiger partial charge is 0.0323 e. The molecule has 0 saturated heterocycles. The third kappa shape index (κ3) is 3.25. The quantitative estimate of drug-likeness (QED) is 0.546. The maximum atomic E-state index is 2.59. The minimum Gasteiger partial charge on any atom is -0.0654 e. The van der Waals surface area contributed by atoms with Gasteiger partial charge in [-0.15, -0.1) is 0 Å². The molecule has 3 unspecified atom stereocenters. The lowest BCUT2D eigenvalue weighted by Crippen LogP contribution is -2.19. The summed E-state index contributed by atoms with van der Waals surface area (Å²) in [6.07, 6.45) is 16.6. The third-order valence-electron chi connectivity index (χ3n) is 5.21. The number of rotatable bonds is 4. The summed E-state index contributed by atoms with van der Waals surface area (Å²) in [6, 6.07) is 0. The van der Waals surface area contributed by atoms with Gasteiger partial charge in [0.2, 0.25) is 0 Å². The van der Waals surface area contributed by atoms with E-state index in [0.717, 1.165) is 11.8 Å². The molecule has 0 nitrogen and oxygen atoms in total. The molecule has 16 heavy (non-hydrogen) atoms. The van der Waals surface area contributed by atoms with E-state index in [4.69, 9.17) is 0 Å². The Morgan fingerprint density at radius 1 is 1.06 bits per heavy atom. The Kier molecular flexibility index (Phi) is 4.33. The topological polar surface area (TPSA) is 0 Å². The van der Waals surface area contributed by atoms with Gasteiger partial charge in [0, 0.05) is 0 Å². The van der Waals surface area contributed by atoms with E-state index in [1.807, 2.05) is 0 Å². The average Bonchev–Trinajstić information content (AvgIpc) is 2.37. The van der Waals surface area contributed by atoms with Gasteiger partial charge in [-0.3, -0.25) is 0 Å². The Labute approximate surface area is 102 Å². The Bertz CT molecular complexity index is 208. The van der Waals surface area contributed by atoms with Gasteiger partial charge in [0.15, 0.2) is 0 Å². The Morgan fingerprint density at radius 3 is 2.69 bits per heavy atom. The van der Waals surface area contributed by atoms with Crippen molar-refractivity contribution < 1.29 is 0 Å². The van der Waals surface area contributed by atoms with Gasteiger partial charge in [0.05, 0.1) is 0 Å². The summed E-state index contributed by atoms with van der Waals surface area (Å²) >= 11 is 0. The van der Waals surface area contributed by atoms with Crippen molar-refractivity contribution in [2.75, 3.05) is 0 Å². The van der Waals surface area contributed by atoms with Crippen LogP contribution in [-0.4, -0.2) is 0 Å². The van der Waals surface area contributed by atoms with Gasteiger partial charge < -0.3 is 0 Å². The highest BCUT2D eigenvalue weighted by atomic mass is 14.4. The second-order valence-electron chi connectivity index (χ2n) is 6.91. The molecule has 0 radical (unpaired) electrons. The van der Waals surface area contributed by atoms with Crippen LogP contribution in [0, 0.1) is 17.3 Å². The number of hydrogen-bond donors (Lipinski definition) is 0. The van der Waals surface area contributed by atoms with Gasteiger partial charge in [-0.2, -0.15) is 0 Å². The van der Waals surface area contributed by atoms with E-state index in [-0.39, 0.29) is 0 Å². The number of hydrogen-bond acceptors (Lipinski definition) is 0. The fraction of sp³-hybridized carbons (Fsp3) is 1.00. The van der Waals surface area contributed by atoms with Gasteiger partial charge in [-0.25, -0.2) is 0 Å². The lowest BCUT2D eigenvalue weighted by molar-refractivity contribution is 0.200. The predicted octanol–water partition coefficient (Wildman–Crippen LogP) is 5.56. The molecule has 2 rings (SSSR count). The Hall–Kier alpha value is 0. The second kappa shape index (κ2) is 5.56. The molecule has 0 aromatic rings. The molecule has 0 aromatic carbocycles. The first kappa shape index (κ1) is 12.5. The van der Waals surface area contributed by atoms with Crippen LogP contribution in [0.3, 0.4) is 0 Å². The van der Waals surface area contributed by atoms with Crippen molar-refractivity contribution in [2.24, 2.45) is 17.3 Å².